The monoisotopic (exact) mass is 408 g/mol. The zero-order valence-corrected chi connectivity index (χ0v) is 19.2. The summed E-state index contributed by atoms with van der Waals surface area (Å²) in [5, 5.41) is 1.60. The Morgan fingerprint density at radius 3 is 1.79 bits per heavy atom. The maximum Gasteiger partial charge on any atom is 0.123 e. The Balaban J connectivity index is 1.30. The summed E-state index contributed by atoms with van der Waals surface area (Å²) in [5.74, 6) is 1.91. The van der Waals surface area contributed by atoms with Crippen molar-refractivity contribution < 1.29 is 4.39 Å². The van der Waals surface area contributed by atoms with Gasteiger partial charge in [0, 0.05) is 8.80 Å². The molecule has 3 heteroatoms. The molecule has 2 fully saturated rings. The first-order valence-electron chi connectivity index (χ1n) is 11.3. The predicted molar refractivity (Wildman–Crippen MR) is 123 cm³/mol. The summed E-state index contributed by atoms with van der Waals surface area (Å²) in [6.07, 6.45) is 7.47. The van der Waals surface area contributed by atoms with Gasteiger partial charge in [-0.3, -0.25) is 0 Å². The van der Waals surface area contributed by atoms with Crippen LogP contribution in [-0.2, 0) is 0 Å². The molecule has 0 aromatic heterocycles. The first kappa shape index (κ1) is 20.1. The molecule has 148 valence electrons. The zero-order valence-electron chi connectivity index (χ0n) is 17.2. The summed E-state index contributed by atoms with van der Waals surface area (Å²) in [6, 6.07) is 23.7. The van der Waals surface area contributed by atoms with E-state index in [-0.39, 0.29) is 23.4 Å². The highest BCUT2D eigenvalue weighted by atomic mass is 28.3. The standard InChI is InChI=1S/C25H33FSi2/c1-2-15-27-16-11-22(12-17-27)23-13-18-28(19-14-23)25-9-5-21(6-10-25)20-3-7-24(26)8-4-20/h3-10,22-23H,2,11-19H2,1H3. The molecule has 0 N–H and O–H groups in total. The van der Waals surface area contributed by atoms with Crippen LogP contribution in [0, 0.1) is 17.7 Å². The van der Waals surface area contributed by atoms with Gasteiger partial charge in [0.25, 0.3) is 0 Å². The van der Waals surface area contributed by atoms with Crippen LogP contribution >= 0.6 is 0 Å². The van der Waals surface area contributed by atoms with Gasteiger partial charge in [-0.1, -0.05) is 111 Å². The van der Waals surface area contributed by atoms with Gasteiger partial charge >= 0.3 is 0 Å². The van der Waals surface area contributed by atoms with Crippen molar-refractivity contribution in [2.75, 3.05) is 0 Å². The van der Waals surface area contributed by atoms with E-state index in [1.54, 1.807) is 48.3 Å². The lowest BCUT2D eigenvalue weighted by Crippen LogP contribution is -2.36. The first-order valence-corrected chi connectivity index (χ1v) is 15.3. The fraction of sp³-hybridized carbons (Fsp3) is 0.520. The first-order chi connectivity index (χ1) is 13.7. The molecular weight excluding hydrogens is 375 g/mol. The van der Waals surface area contributed by atoms with E-state index in [0.29, 0.717) is 0 Å². The number of hydrogen-bond donors (Lipinski definition) is 0. The van der Waals surface area contributed by atoms with Crippen molar-refractivity contribution in [1.82, 2.24) is 0 Å². The van der Waals surface area contributed by atoms with Crippen LogP contribution in [0.25, 0.3) is 11.1 Å². The third-order valence-electron chi connectivity index (χ3n) is 7.11. The Kier molecular flexibility index (Phi) is 6.84. The molecular formula is C25H33FSi2. The molecule has 2 aliphatic heterocycles. The lowest BCUT2D eigenvalue weighted by molar-refractivity contribution is 0.279. The fourth-order valence-electron chi connectivity index (χ4n) is 5.41. The van der Waals surface area contributed by atoms with E-state index in [9.17, 15) is 4.39 Å². The molecule has 0 bridgehead atoms. The topological polar surface area (TPSA) is 0 Å². The number of hydrogen-bond acceptors (Lipinski definition) is 0. The van der Waals surface area contributed by atoms with Gasteiger partial charge in [-0.25, -0.2) is 4.39 Å². The number of halogens is 1. The molecule has 2 radical (unpaired) electrons. The van der Waals surface area contributed by atoms with Crippen molar-refractivity contribution in [3.63, 3.8) is 0 Å². The highest BCUT2D eigenvalue weighted by molar-refractivity contribution is 6.73. The van der Waals surface area contributed by atoms with Crippen molar-refractivity contribution in [1.29, 1.82) is 0 Å². The zero-order chi connectivity index (χ0) is 19.3. The average Bonchev–Trinajstić information content (AvgIpc) is 2.75. The van der Waals surface area contributed by atoms with Gasteiger partial charge in [-0.05, 0) is 35.1 Å². The Hall–Kier alpha value is -1.20. The van der Waals surface area contributed by atoms with Crippen molar-refractivity contribution in [2.24, 2.45) is 11.8 Å². The second kappa shape index (κ2) is 9.53. The maximum atomic E-state index is 13.1. The molecule has 0 aliphatic carbocycles. The summed E-state index contributed by atoms with van der Waals surface area (Å²) in [5.41, 5.74) is 2.31. The van der Waals surface area contributed by atoms with E-state index in [4.69, 9.17) is 0 Å². The number of benzene rings is 2. The van der Waals surface area contributed by atoms with E-state index >= 15 is 0 Å². The molecule has 2 aliphatic rings. The second-order valence-corrected chi connectivity index (χ2v) is 14.6. The van der Waals surface area contributed by atoms with Crippen LogP contribution < -0.4 is 5.19 Å². The van der Waals surface area contributed by atoms with Crippen molar-refractivity contribution in [3.8, 4) is 11.1 Å². The molecule has 2 saturated heterocycles. The summed E-state index contributed by atoms with van der Waals surface area (Å²) in [6.45, 7) is 2.36. The molecule has 2 aromatic carbocycles. The summed E-state index contributed by atoms with van der Waals surface area (Å²) >= 11 is 0. The van der Waals surface area contributed by atoms with E-state index in [2.05, 4.69) is 31.2 Å². The second-order valence-electron chi connectivity index (χ2n) is 8.86. The van der Waals surface area contributed by atoms with Crippen molar-refractivity contribution >= 4 is 22.8 Å². The van der Waals surface area contributed by atoms with E-state index in [1.807, 2.05) is 12.1 Å². The van der Waals surface area contributed by atoms with Crippen LogP contribution in [-0.4, -0.2) is 17.6 Å². The normalized spacial score (nSPS) is 20.5. The maximum absolute atomic E-state index is 13.1. The molecule has 0 nitrogen and oxygen atoms in total. The molecule has 28 heavy (non-hydrogen) atoms. The van der Waals surface area contributed by atoms with Gasteiger partial charge in [-0.2, -0.15) is 0 Å². The third kappa shape index (κ3) is 4.85. The molecule has 0 atom stereocenters. The summed E-state index contributed by atoms with van der Waals surface area (Å²) in [4.78, 5) is 0. The average molecular weight is 409 g/mol. The van der Waals surface area contributed by atoms with Crippen LogP contribution in [0.4, 0.5) is 4.39 Å². The van der Waals surface area contributed by atoms with E-state index in [0.717, 1.165) is 17.4 Å². The molecule has 2 heterocycles. The third-order valence-corrected chi connectivity index (χ3v) is 13.2. The van der Waals surface area contributed by atoms with Crippen LogP contribution in [0.3, 0.4) is 0 Å². The Labute approximate surface area is 173 Å². The Morgan fingerprint density at radius 2 is 1.25 bits per heavy atom. The minimum Gasteiger partial charge on any atom is -0.207 e. The highest BCUT2D eigenvalue weighted by Crippen LogP contribution is 2.39. The minimum absolute atomic E-state index is 0.0340. The molecule has 2 aromatic rings. The lowest BCUT2D eigenvalue weighted by atomic mass is 9.83. The van der Waals surface area contributed by atoms with Gasteiger partial charge in [0.1, 0.15) is 5.82 Å². The lowest BCUT2D eigenvalue weighted by Gasteiger charge is -2.37. The quantitative estimate of drug-likeness (QED) is 0.471. The molecule has 0 unspecified atom stereocenters. The van der Waals surface area contributed by atoms with Gasteiger partial charge in [0.2, 0.25) is 0 Å². The van der Waals surface area contributed by atoms with E-state index in [1.165, 1.54) is 36.9 Å². The molecule has 0 saturated carbocycles. The van der Waals surface area contributed by atoms with Crippen LogP contribution in [0.5, 0.6) is 0 Å². The van der Waals surface area contributed by atoms with Gasteiger partial charge in [-0.15, -0.1) is 0 Å². The molecule has 4 rings (SSSR count). The van der Waals surface area contributed by atoms with Gasteiger partial charge in [0.15, 0.2) is 0 Å². The smallest absolute Gasteiger partial charge is 0.123 e. The van der Waals surface area contributed by atoms with Gasteiger partial charge < -0.3 is 0 Å². The fourth-order valence-corrected chi connectivity index (χ4v) is 11.3. The highest BCUT2D eigenvalue weighted by Gasteiger charge is 2.32. The minimum atomic E-state index is -0.373. The largest absolute Gasteiger partial charge is 0.207 e. The predicted octanol–water partition coefficient (Wildman–Crippen LogP) is 6.92. The molecule has 0 amide bonds. The van der Waals surface area contributed by atoms with Crippen molar-refractivity contribution in [2.45, 2.75) is 69.2 Å². The summed E-state index contributed by atoms with van der Waals surface area (Å²) in [7, 11) is -0.339. The summed E-state index contributed by atoms with van der Waals surface area (Å²) < 4.78 is 13.1. The van der Waals surface area contributed by atoms with Crippen molar-refractivity contribution in [3.05, 3.63) is 54.3 Å². The van der Waals surface area contributed by atoms with Crippen LogP contribution in [0.2, 0.25) is 30.2 Å². The molecule has 0 spiro atoms. The Bertz CT molecular complexity index is 724. The van der Waals surface area contributed by atoms with Crippen LogP contribution in [0.1, 0.15) is 39.0 Å². The number of rotatable bonds is 5. The van der Waals surface area contributed by atoms with Crippen LogP contribution in [0.15, 0.2) is 48.5 Å². The van der Waals surface area contributed by atoms with Gasteiger partial charge in [0.05, 0.1) is 8.80 Å². The van der Waals surface area contributed by atoms with E-state index < -0.39 is 0 Å². The Morgan fingerprint density at radius 1 is 0.750 bits per heavy atom. The SMILES string of the molecule is CCC[Si]1CCC(C2CC[Si](c3ccc(-c4ccc(F)cc4)cc3)CC2)CC1.